The van der Waals surface area contributed by atoms with Crippen molar-refractivity contribution in [3.05, 3.63) is 22.2 Å². The molecule has 0 radical (unpaired) electrons. The van der Waals surface area contributed by atoms with Gasteiger partial charge in [0.15, 0.2) is 11.5 Å². The topological polar surface area (TPSA) is 53.7 Å². The van der Waals surface area contributed by atoms with Gasteiger partial charge in [0.25, 0.3) is 0 Å². The van der Waals surface area contributed by atoms with Gasteiger partial charge >= 0.3 is 6.18 Å². The monoisotopic (exact) mass is 371 g/mol. The van der Waals surface area contributed by atoms with Gasteiger partial charge in [-0.3, -0.25) is 0 Å². The van der Waals surface area contributed by atoms with Crippen molar-refractivity contribution in [1.82, 2.24) is 0 Å². The first-order valence-corrected chi connectivity index (χ1v) is 6.89. The van der Waals surface area contributed by atoms with Crippen LogP contribution < -0.4 is 15.2 Å². The third-order valence-electron chi connectivity index (χ3n) is 2.74. The zero-order chi connectivity index (χ0) is 16.0. The van der Waals surface area contributed by atoms with E-state index in [1.54, 1.807) is 12.1 Å². The molecule has 2 N–H and O–H groups in total. The molecule has 1 unspecified atom stereocenters. The fraction of sp³-hybridized carbons (Fsp3) is 0.538. The summed E-state index contributed by atoms with van der Waals surface area (Å²) >= 11 is 3.36. The van der Waals surface area contributed by atoms with E-state index in [-0.39, 0.29) is 13.0 Å². The van der Waals surface area contributed by atoms with Crippen molar-refractivity contribution in [2.75, 3.05) is 27.4 Å². The van der Waals surface area contributed by atoms with E-state index in [0.717, 1.165) is 0 Å². The molecule has 0 amide bonds. The maximum Gasteiger partial charge on any atom is 0.411 e. The molecule has 1 atom stereocenters. The maximum atomic E-state index is 12.0. The van der Waals surface area contributed by atoms with Crippen molar-refractivity contribution in [1.29, 1.82) is 0 Å². The van der Waals surface area contributed by atoms with Gasteiger partial charge in [0, 0.05) is 17.1 Å². The minimum absolute atomic E-state index is 0.0819. The smallest absolute Gasteiger partial charge is 0.411 e. The summed E-state index contributed by atoms with van der Waals surface area (Å²) in [6, 6.07) is 2.91. The second-order valence-corrected chi connectivity index (χ2v) is 5.15. The molecule has 0 bridgehead atoms. The number of hydrogen-bond donors (Lipinski definition) is 1. The molecule has 120 valence electrons. The second-order valence-electron chi connectivity index (χ2n) is 4.29. The zero-order valence-electron chi connectivity index (χ0n) is 11.7. The van der Waals surface area contributed by atoms with Crippen molar-refractivity contribution in [3.8, 4) is 11.5 Å². The van der Waals surface area contributed by atoms with Gasteiger partial charge in [-0.15, -0.1) is 0 Å². The van der Waals surface area contributed by atoms with Crippen molar-refractivity contribution in [3.63, 3.8) is 0 Å². The lowest BCUT2D eigenvalue weighted by molar-refractivity contribution is -0.174. The minimum atomic E-state index is -4.33. The SMILES string of the molecule is COc1cc(Br)c(C(N)CCOCC(F)(F)F)cc1OC. The first kappa shape index (κ1) is 18.1. The Bertz CT molecular complexity index is 469. The van der Waals surface area contributed by atoms with Crippen molar-refractivity contribution in [2.45, 2.75) is 18.6 Å². The largest absolute Gasteiger partial charge is 0.493 e. The predicted octanol–water partition coefficient (Wildman–Crippen LogP) is 3.44. The van der Waals surface area contributed by atoms with E-state index in [4.69, 9.17) is 15.2 Å². The number of nitrogens with two attached hydrogens (primary N) is 1. The highest BCUT2D eigenvalue weighted by Crippen LogP contribution is 2.36. The van der Waals surface area contributed by atoms with Crippen LogP contribution in [0.25, 0.3) is 0 Å². The molecule has 1 aromatic carbocycles. The fourth-order valence-corrected chi connectivity index (χ4v) is 2.32. The molecular formula is C13H17BrF3NO3. The summed E-state index contributed by atoms with van der Waals surface area (Å²) in [6.07, 6.45) is -4.07. The Hall–Kier alpha value is -0.990. The molecule has 0 spiro atoms. The molecular weight excluding hydrogens is 355 g/mol. The summed E-state index contributed by atoms with van der Waals surface area (Å²) < 4.78 is 51.4. The predicted molar refractivity (Wildman–Crippen MR) is 75.7 cm³/mol. The van der Waals surface area contributed by atoms with Crippen LogP contribution in [0.4, 0.5) is 13.2 Å². The molecule has 0 saturated carbocycles. The molecule has 0 aliphatic heterocycles. The number of benzene rings is 1. The zero-order valence-corrected chi connectivity index (χ0v) is 13.3. The summed E-state index contributed by atoms with van der Waals surface area (Å²) in [7, 11) is 3.00. The van der Waals surface area contributed by atoms with Gasteiger partial charge in [-0.25, -0.2) is 0 Å². The molecule has 0 aliphatic rings. The van der Waals surface area contributed by atoms with Gasteiger partial charge in [-0.05, 0) is 24.1 Å². The van der Waals surface area contributed by atoms with Crippen LogP contribution in [-0.2, 0) is 4.74 Å². The van der Waals surface area contributed by atoms with Crippen LogP contribution in [0.1, 0.15) is 18.0 Å². The number of halogens is 4. The van der Waals surface area contributed by atoms with Crippen molar-refractivity contribution >= 4 is 15.9 Å². The highest BCUT2D eigenvalue weighted by molar-refractivity contribution is 9.10. The number of methoxy groups -OCH3 is 2. The van der Waals surface area contributed by atoms with Gasteiger partial charge in [-0.1, -0.05) is 15.9 Å². The molecule has 0 heterocycles. The van der Waals surface area contributed by atoms with Gasteiger partial charge < -0.3 is 19.9 Å². The number of alkyl halides is 3. The average molecular weight is 372 g/mol. The van der Waals surface area contributed by atoms with Gasteiger partial charge in [0.05, 0.1) is 14.2 Å². The van der Waals surface area contributed by atoms with Crippen LogP contribution in [-0.4, -0.2) is 33.6 Å². The van der Waals surface area contributed by atoms with E-state index in [1.807, 2.05) is 0 Å². The average Bonchev–Trinajstić information content (AvgIpc) is 2.41. The Labute approximate surface area is 129 Å². The van der Waals surface area contributed by atoms with E-state index in [1.165, 1.54) is 14.2 Å². The quantitative estimate of drug-likeness (QED) is 0.746. The Kier molecular flexibility index (Phi) is 6.76. The maximum absolute atomic E-state index is 12.0. The normalized spacial score (nSPS) is 13.1. The van der Waals surface area contributed by atoms with E-state index in [9.17, 15) is 13.2 Å². The third-order valence-corrected chi connectivity index (χ3v) is 3.43. The lowest BCUT2D eigenvalue weighted by atomic mass is 10.0. The van der Waals surface area contributed by atoms with Crippen LogP contribution in [0.5, 0.6) is 11.5 Å². The lowest BCUT2D eigenvalue weighted by Gasteiger charge is -2.17. The first-order chi connectivity index (χ1) is 9.78. The molecule has 21 heavy (non-hydrogen) atoms. The molecule has 4 nitrogen and oxygen atoms in total. The second kappa shape index (κ2) is 7.86. The molecule has 0 saturated heterocycles. The third kappa shape index (κ3) is 5.72. The van der Waals surface area contributed by atoms with Gasteiger partial charge in [0.2, 0.25) is 0 Å². The van der Waals surface area contributed by atoms with Crippen molar-refractivity contribution < 1.29 is 27.4 Å². The Morgan fingerprint density at radius 2 is 1.76 bits per heavy atom. The first-order valence-electron chi connectivity index (χ1n) is 6.10. The van der Waals surface area contributed by atoms with Gasteiger partial charge in [0.1, 0.15) is 6.61 Å². The summed E-state index contributed by atoms with van der Waals surface area (Å²) in [5.74, 6) is 1.04. The highest BCUT2D eigenvalue weighted by atomic mass is 79.9. The Morgan fingerprint density at radius 1 is 1.19 bits per heavy atom. The molecule has 8 heteroatoms. The van der Waals surface area contributed by atoms with E-state index >= 15 is 0 Å². The minimum Gasteiger partial charge on any atom is -0.493 e. The Balaban J connectivity index is 2.67. The molecule has 0 fully saturated rings. The summed E-state index contributed by atoms with van der Waals surface area (Å²) in [6.45, 7) is -1.35. The van der Waals surface area contributed by atoms with Crippen LogP contribution >= 0.6 is 15.9 Å². The molecule has 0 aliphatic carbocycles. The summed E-state index contributed by atoms with van der Waals surface area (Å²) in [4.78, 5) is 0. The summed E-state index contributed by atoms with van der Waals surface area (Å²) in [5.41, 5.74) is 6.68. The van der Waals surface area contributed by atoms with Gasteiger partial charge in [-0.2, -0.15) is 13.2 Å². The van der Waals surface area contributed by atoms with Crippen LogP contribution in [0.15, 0.2) is 16.6 Å². The highest BCUT2D eigenvalue weighted by Gasteiger charge is 2.27. The molecule has 0 aromatic heterocycles. The molecule has 1 aromatic rings. The Morgan fingerprint density at radius 3 is 2.29 bits per heavy atom. The summed E-state index contributed by atoms with van der Waals surface area (Å²) in [5, 5.41) is 0. The van der Waals surface area contributed by atoms with E-state index in [2.05, 4.69) is 20.7 Å². The lowest BCUT2D eigenvalue weighted by Crippen LogP contribution is -2.20. The van der Waals surface area contributed by atoms with Crippen LogP contribution in [0.3, 0.4) is 0 Å². The van der Waals surface area contributed by atoms with E-state index < -0.39 is 18.8 Å². The van der Waals surface area contributed by atoms with Crippen LogP contribution in [0, 0.1) is 0 Å². The fourth-order valence-electron chi connectivity index (χ4n) is 1.71. The van der Waals surface area contributed by atoms with E-state index in [0.29, 0.717) is 21.5 Å². The standard InChI is InChI=1S/C13H17BrF3NO3/c1-19-11-5-8(9(14)6-12(11)20-2)10(18)3-4-21-7-13(15,16)17/h5-6,10H,3-4,7,18H2,1-2H3. The van der Waals surface area contributed by atoms with Crippen molar-refractivity contribution in [2.24, 2.45) is 5.73 Å². The number of ether oxygens (including phenoxy) is 3. The van der Waals surface area contributed by atoms with Crippen LogP contribution in [0.2, 0.25) is 0 Å². The number of rotatable bonds is 7. The number of hydrogen-bond acceptors (Lipinski definition) is 4. The molecule has 1 rings (SSSR count).